The summed E-state index contributed by atoms with van der Waals surface area (Å²) in [5.74, 6) is 0.0998. The number of esters is 1. The minimum Gasteiger partial charge on any atom is -0.493 e. The molecule has 3 heterocycles. The molecule has 0 unspecified atom stereocenters. The summed E-state index contributed by atoms with van der Waals surface area (Å²) in [5.41, 5.74) is 2.23. The monoisotopic (exact) mass is 486 g/mol. The van der Waals surface area contributed by atoms with Crippen LogP contribution in [0, 0.1) is 0 Å². The van der Waals surface area contributed by atoms with E-state index in [4.69, 9.17) is 9.15 Å². The number of furan rings is 1. The minimum absolute atomic E-state index is 0.112. The van der Waals surface area contributed by atoms with Crippen molar-refractivity contribution in [2.24, 2.45) is 15.2 Å². The third-order valence-corrected chi connectivity index (χ3v) is 5.95. The van der Waals surface area contributed by atoms with Gasteiger partial charge in [-0.05, 0) is 49.0 Å². The van der Waals surface area contributed by atoms with Crippen LogP contribution < -0.4 is 0 Å². The zero-order valence-electron chi connectivity index (χ0n) is 18.4. The number of carbonyl (C=O) groups is 2. The van der Waals surface area contributed by atoms with Crippen molar-refractivity contribution >= 4 is 51.5 Å². The fourth-order valence-electron chi connectivity index (χ4n) is 3.45. The number of amidine groups is 1. The SMILES string of the molecule is CCOC(=O)c1ccc(-c2ccc(/C=C3\SC(N=Nc4c(O)[nH]c5ccccc45)=NC3=O)o2)cc1. The van der Waals surface area contributed by atoms with E-state index in [2.05, 4.69) is 20.2 Å². The number of H-pyrrole nitrogens is 1. The van der Waals surface area contributed by atoms with Crippen LogP contribution in [0.25, 0.3) is 28.3 Å². The van der Waals surface area contributed by atoms with Gasteiger partial charge in [-0.15, -0.1) is 10.2 Å². The summed E-state index contributed by atoms with van der Waals surface area (Å²) in [6, 6.07) is 17.7. The van der Waals surface area contributed by atoms with Crippen molar-refractivity contribution in [2.75, 3.05) is 6.61 Å². The Morgan fingerprint density at radius 2 is 1.94 bits per heavy atom. The quantitative estimate of drug-likeness (QED) is 0.200. The molecular weight excluding hydrogens is 468 g/mol. The summed E-state index contributed by atoms with van der Waals surface area (Å²) in [4.78, 5) is 31.2. The number of nitrogens with one attached hydrogen (secondary N) is 1. The van der Waals surface area contributed by atoms with Crippen LogP contribution in [-0.4, -0.2) is 33.7 Å². The number of aromatic nitrogens is 1. The molecule has 0 saturated carbocycles. The van der Waals surface area contributed by atoms with Crippen LogP contribution in [-0.2, 0) is 9.53 Å². The highest BCUT2D eigenvalue weighted by atomic mass is 32.2. The predicted molar refractivity (Wildman–Crippen MR) is 133 cm³/mol. The van der Waals surface area contributed by atoms with Gasteiger partial charge in [0.05, 0.1) is 22.6 Å². The van der Waals surface area contributed by atoms with E-state index in [1.54, 1.807) is 55.5 Å². The van der Waals surface area contributed by atoms with Gasteiger partial charge in [-0.2, -0.15) is 4.99 Å². The number of hydrogen-bond acceptors (Lipinski definition) is 8. The highest BCUT2D eigenvalue weighted by molar-refractivity contribution is 8.18. The molecule has 2 N–H and O–H groups in total. The molecule has 174 valence electrons. The first-order valence-electron chi connectivity index (χ1n) is 10.6. The van der Waals surface area contributed by atoms with Gasteiger partial charge in [-0.3, -0.25) is 4.79 Å². The number of aliphatic imine (C=N–C) groups is 1. The molecule has 9 nitrogen and oxygen atoms in total. The van der Waals surface area contributed by atoms with Gasteiger partial charge in [-0.1, -0.05) is 30.3 Å². The first-order valence-corrected chi connectivity index (χ1v) is 11.4. The summed E-state index contributed by atoms with van der Waals surface area (Å²) >= 11 is 1.06. The zero-order chi connectivity index (χ0) is 24.4. The molecule has 4 aromatic rings. The lowest BCUT2D eigenvalue weighted by atomic mass is 10.1. The molecule has 0 saturated heterocycles. The Kier molecular flexibility index (Phi) is 6.02. The number of aromatic amines is 1. The van der Waals surface area contributed by atoms with E-state index in [9.17, 15) is 14.7 Å². The van der Waals surface area contributed by atoms with E-state index < -0.39 is 5.91 Å². The number of benzene rings is 2. The van der Waals surface area contributed by atoms with Crippen molar-refractivity contribution in [2.45, 2.75) is 6.92 Å². The summed E-state index contributed by atoms with van der Waals surface area (Å²) < 4.78 is 10.8. The Hall–Kier alpha value is -4.44. The van der Waals surface area contributed by atoms with Crippen molar-refractivity contribution in [1.29, 1.82) is 0 Å². The summed E-state index contributed by atoms with van der Waals surface area (Å²) in [6.07, 6.45) is 1.58. The van der Waals surface area contributed by atoms with Gasteiger partial charge in [0.2, 0.25) is 11.0 Å². The lowest BCUT2D eigenvalue weighted by Crippen LogP contribution is -2.03. The van der Waals surface area contributed by atoms with E-state index in [1.165, 1.54) is 0 Å². The third kappa shape index (κ3) is 4.64. The van der Waals surface area contributed by atoms with Gasteiger partial charge < -0.3 is 19.2 Å². The molecule has 0 aliphatic carbocycles. The van der Waals surface area contributed by atoms with Crippen LogP contribution in [0.5, 0.6) is 5.88 Å². The Balaban J connectivity index is 1.29. The van der Waals surface area contributed by atoms with Crippen molar-refractivity contribution in [1.82, 2.24) is 4.98 Å². The molecular formula is C25H18N4O5S. The normalized spacial score (nSPS) is 14.8. The predicted octanol–water partition coefficient (Wildman–Crippen LogP) is 6.06. The number of rotatable bonds is 5. The Labute approximate surface area is 203 Å². The molecule has 0 fully saturated rings. The number of hydrogen-bond donors (Lipinski definition) is 2. The number of para-hydroxylation sites is 1. The fourth-order valence-corrected chi connectivity index (χ4v) is 4.16. The van der Waals surface area contributed by atoms with Crippen LogP contribution in [0.4, 0.5) is 5.69 Å². The number of aromatic hydroxyl groups is 1. The van der Waals surface area contributed by atoms with Gasteiger partial charge >= 0.3 is 5.97 Å². The van der Waals surface area contributed by atoms with Gasteiger partial charge in [0.25, 0.3) is 5.91 Å². The molecule has 0 spiro atoms. The first-order chi connectivity index (χ1) is 17.0. The molecule has 35 heavy (non-hydrogen) atoms. The lowest BCUT2D eigenvalue weighted by Gasteiger charge is -2.02. The molecule has 5 rings (SSSR count). The topological polar surface area (TPSA) is 130 Å². The second-order valence-electron chi connectivity index (χ2n) is 7.38. The maximum Gasteiger partial charge on any atom is 0.338 e. The van der Waals surface area contributed by atoms with E-state index in [-0.39, 0.29) is 22.7 Å². The Morgan fingerprint density at radius 1 is 1.14 bits per heavy atom. The molecule has 1 amide bonds. The molecule has 1 aliphatic heterocycles. The van der Waals surface area contributed by atoms with Gasteiger partial charge in [0.1, 0.15) is 11.5 Å². The average Bonchev–Trinajstić information content (AvgIpc) is 3.55. The van der Waals surface area contributed by atoms with Crippen LogP contribution in [0.3, 0.4) is 0 Å². The largest absolute Gasteiger partial charge is 0.493 e. The molecule has 2 aromatic heterocycles. The van der Waals surface area contributed by atoms with E-state index in [0.29, 0.717) is 34.0 Å². The van der Waals surface area contributed by atoms with E-state index >= 15 is 0 Å². The molecule has 0 atom stereocenters. The molecule has 0 radical (unpaired) electrons. The zero-order valence-corrected chi connectivity index (χ0v) is 19.2. The maximum absolute atomic E-state index is 12.3. The number of ether oxygens (including phenoxy) is 1. The Bertz CT molecular complexity index is 1530. The fraction of sp³-hybridized carbons (Fsp3) is 0.0800. The number of thioether (sulfide) groups is 1. The molecule has 0 bridgehead atoms. The van der Waals surface area contributed by atoms with Crippen molar-refractivity contribution in [3.05, 3.63) is 76.9 Å². The van der Waals surface area contributed by atoms with Gasteiger partial charge in [0, 0.05) is 17.0 Å². The number of carbonyl (C=O) groups excluding carboxylic acids is 2. The van der Waals surface area contributed by atoms with Crippen LogP contribution in [0.15, 0.2) is 85.2 Å². The number of amides is 1. The standard InChI is InChI=1S/C25H18N4O5S/c1-2-33-24(32)15-9-7-14(8-10-15)19-12-11-16(34-19)13-20-22(30)27-25(35-20)29-28-21-17-5-3-4-6-18(17)26-23(21)31/h3-13,26,31H,2H2,1H3/b20-13-,29-28?. The van der Waals surface area contributed by atoms with Crippen LogP contribution >= 0.6 is 11.8 Å². The van der Waals surface area contributed by atoms with Crippen molar-refractivity contribution in [3.63, 3.8) is 0 Å². The summed E-state index contributed by atoms with van der Waals surface area (Å²) in [5, 5.41) is 19.1. The van der Waals surface area contributed by atoms with Crippen molar-refractivity contribution < 1.29 is 23.8 Å². The number of nitrogens with zero attached hydrogens (tertiary/aromatic N) is 3. The van der Waals surface area contributed by atoms with Crippen molar-refractivity contribution in [3.8, 4) is 17.2 Å². The number of fused-ring (bicyclic) bond motifs is 1. The second-order valence-corrected chi connectivity index (χ2v) is 8.39. The third-order valence-electron chi connectivity index (χ3n) is 5.09. The highest BCUT2D eigenvalue weighted by Crippen LogP contribution is 2.37. The molecule has 10 heteroatoms. The smallest absolute Gasteiger partial charge is 0.338 e. The summed E-state index contributed by atoms with van der Waals surface area (Å²) in [6.45, 7) is 2.07. The minimum atomic E-state index is -0.455. The average molecular weight is 487 g/mol. The van der Waals surface area contributed by atoms with Crippen LogP contribution in [0.1, 0.15) is 23.0 Å². The lowest BCUT2D eigenvalue weighted by molar-refractivity contribution is -0.113. The van der Waals surface area contributed by atoms with Gasteiger partial charge in [0.15, 0.2) is 5.69 Å². The summed E-state index contributed by atoms with van der Waals surface area (Å²) in [7, 11) is 0. The molecule has 1 aliphatic rings. The number of azo groups is 1. The maximum atomic E-state index is 12.3. The molecule has 2 aromatic carbocycles. The van der Waals surface area contributed by atoms with Gasteiger partial charge in [-0.25, -0.2) is 4.79 Å². The van der Waals surface area contributed by atoms with E-state index in [1.807, 2.05) is 18.2 Å². The van der Waals surface area contributed by atoms with Crippen LogP contribution in [0.2, 0.25) is 0 Å². The highest BCUT2D eigenvalue weighted by Gasteiger charge is 2.23. The first kappa shape index (κ1) is 22.4. The van der Waals surface area contributed by atoms with E-state index in [0.717, 1.165) is 22.8 Å². The second kappa shape index (κ2) is 9.43. The Morgan fingerprint density at radius 3 is 2.74 bits per heavy atom.